The fourth-order valence-corrected chi connectivity index (χ4v) is 2.88. The molecule has 1 fully saturated rings. The molecule has 116 valence electrons. The van der Waals surface area contributed by atoms with Crippen LogP contribution in [0.15, 0.2) is 36.7 Å². The van der Waals surface area contributed by atoms with Crippen molar-refractivity contribution in [1.29, 1.82) is 0 Å². The molecule has 2 aromatic rings. The fraction of sp³-hybridized carbons (Fsp3) is 0.312. The Morgan fingerprint density at radius 2 is 2.09 bits per heavy atom. The number of hydrogen-bond donors (Lipinski definition) is 1. The van der Waals surface area contributed by atoms with E-state index in [0.717, 1.165) is 25.7 Å². The quantitative estimate of drug-likeness (QED) is 0.930. The number of aromatic nitrogens is 1. The van der Waals surface area contributed by atoms with Crippen LogP contribution in [0.1, 0.15) is 18.1 Å². The van der Waals surface area contributed by atoms with Crippen LogP contribution in [0.25, 0.3) is 0 Å². The van der Waals surface area contributed by atoms with E-state index in [-0.39, 0.29) is 17.0 Å². The zero-order chi connectivity index (χ0) is 15.5. The van der Waals surface area contributed by atoms with E-state index in [9.17, 15) is 8.78 Å². The monoisotopic (exact) mass is 324 g/mol. The average molecular weight is 325 g/mol. The summed E-state index contributed by atoms with van der Waals surface area (Å²) in [4.78, 5) is 3.89. The summed E-state index contributed by atoms with van der Waals surface area (Å²) < 4.78 is 32.6. The second-order valence-electron chi connectivity index (χ2n) is 5.30. The molecule has 1 saturated heterocycles. The van der Waals surface area contributed by atoms with Gasteiger partial charge < -0.3 is 10.1 Å². The Morgan fingerprint density at radius 3 is 2.77 bits per heavy atom. The van der Waals surface area contributed by atoms with E-state index in [0.29, 0.717) is 11.3 Å². The van der Waals surface area contributed by atoms with Gasteiger partial charge in [-0.25, -0.2) is 8.78 Å². The third-order valence-electron chi connectivity index (χ3n) is 3.73. The van der Waals surface area contributed by atoms with Crippen molar-refractivity contribution in [3.8, 4) is 5.75 Å². The SMILES string of the molecule is Fc1cncc([C@@H](Oc2ccc(F)cc2Cl)[C@@H]2CCNC2)c1. The molecule has 0 spiro atoms. The standard InChI is InChI=1S/C16H15ClF2N2O/c17-14-6-12(18)1-2-15(14)22-16(10-3-4-20-7-10)11-5-13(19)9-21-8-11/h1-2,5-6,8-10,16,20H,3-4,7H2/t10-,16+/m1/s1. The van der Waals surface area contributed by atoms with Gasteiger partial charge in [-0.3, -0.25) is 4.98 Å². The summed E-state index contributed by atoms with van der Waals surface area (Å²) in [6.07, 6.45) is 3.25. The Hall–Kier alpha value is -1.72. The normalized spacial score (nSPS) is 19.1. The smallest absolute Gasteiger partial charge is 0.141 e. The van der Waals surface area contributed by atoms with Crippen molar-refractivity contribution in [1.82, 2.24) is 10.3 Å². The maximum absolute atomic E-state index is 13.5. The van der Waals surface area contributed by atoms with Crippen LogP contribution in [0.2, 0.25) is 5.02 Å². The topological polar surface area (TPSA) is 34.1 Å². The van der Waals surface area contributed by atoms with Crippen LogP contribution >= 0.6 is 11.6 Å². The van der Waals surface area contributed by atoms with Crippen molar-refractivity contribution < 1.29 is 13.5 Å². The zero-order valence-corrected chi connectivity index (χ0v) is 12.5. The molecule has 1 N–H and O–H groups in total. The van der Waals surface area contributed by atoms with Crippen LogP contribution in [0.3, 0.4) is 0 Å². The molecule has 2 atom stereocenters. The highest BCUT2D eigenvalue weighted by Crippen LogP contribution is 2.35. The van der Waals surface area contributed by atoms with Crippen molar-refractivity contribution in [3.05, 3.63) is 58.9 Å². The van der Waals surface area contributed by atoms with Gasteiger partial charge in [-0.05, 0) is 37.2 Å². The van der Waals surface area contributed by atoms with Gasteiger partial charge in [0.05, 0.1) is 11.2 Å². The third kappa shape index (κ3) is 3.36. The largest absolute Gasteiger partial charge is 0.484 e. The molecule has 1 aromatic carbocycles. The van der Waals surface area contributed by atoms with Gasteiger partial charge in [-0.15, -0.1) is 0 Å². The molecule has 3 nitrogen and oxygen atoms in total. The summed E-state index contributed by atoms with van der Waals surface area (Å²) in [5, 5.41) is 3.45. The Bertz CT molecular complexity index is 662. The number of benzene rings is 1. The first-order chi connectivity index (χ1) is 10.6. The second kappa shape index (κ2) is 6.58. The number of halogens is 3. The highest BCUT2D eigenvalue weighted by atomic mass is 35.5. The van der Waals surface area contributed by atoms with Crippen LogP contribution in [0.4, 0.5) is 8.78 Å². The Morgan fingerprint density at radius 1 is 1.23 bits per heavy atom. The fourth-order valence-electron chi connectivity index (χ4n) is 2.66. The molecule has 1 aliphatic rings. The van der Waals surface area contributed by atoms with Crippen LogP contribution < -0.4 is 10.1 Å². The van der Waals surface area contributed by atoms with Gasteiger partial charge in [-0.2, -0.15) is 0 Å². The minimum absolute atomic E-state index is 0.171. The number of rotatable bonds is 4. The van der Waals surface area contributed by atoms with E-state index in [4.69, 9.17) is 16.3 Å². The molecule has 0 amide bonds. The maximum Gasteiger partial charge on any atom is 0.141 e. The van der Waals surface area contributed by atoms with Crippen molar-refractivity contribution in [2.75, 3.05) is 13.1 Å². The Kier molecular flexibility index (Phi) is 4.55. The lowest BCUT2D eigenvalue weighted by atomic mass is 9.96. The first-order valence-electron chi connectivity index (χ1n) is 7.06. The summed E-state index contributed by atoms with van der Waals surface area (Å²) >= 11 is 6.03. The number of nitrogens with zero attached hydrogens (tertiary/aromatic N) is 1. The van der Waals surface area contributed by atoms with Crippen LogP contribution in [0.5, 0.6) is 5.75 Å². The molecule has 0 bridgehead atoms. The predicted molar refractivity (Wildman–Crippen MR) is 80.0 cm³/mol. The van der Waals surface area contributed by atoms with E-state index in [1.807, 2.05) is 0 Å². The summed E-state index contributed by atoms with van der Waals surface area (Å²) in [5.74, 6) is -0.292. The molecule has 22 heavy (non-hydrogen) atoms. The summed E-state index contributed by atoms with van der Waals surface area (Å²) in [5.41, 5.74) is 0.647. The van der Waals surface area contributed by atoms with Crippen molar-refractivity contribution in [2.45, 2.75) is 12.5 Å². The molecular weight excluding hydrogens is 310 g/mol. The van der Waals surface area contributed by atoms with Gasteiger partial charge in [0.1, 0.15) is 23.5 Å². The highest BCUT2D eigenvalue weighted by molar-refractivity contribution is 6.32. The van der Waals surface area contributed by atoms with Crippen LogP contribution in [-0.2, 0) is 0 Å². The van der Waals surface area contributed by atoms with Crippen LogP contribution in [0, 0.1) is 17.6 Å². The lowest BCUT2D eigenvalue weighted by molar-refractivity contribution is 0.143. The minimum atomic E-state index is -0.427. The van der Waals surface area contributed by atoms with Gasteiger partial charge in [0.15, 0.2) is 0 Å². The minimum Gasteiger partial charge on any atom is -0.484 e. The van der Waals surface area contributed by atoms with E-state index >= 15 is 0 Å². The Labute approximate surface area is 132 Å². The molecule has 6 heteroatoms. The molecule has 2 heterocycles. The van der Waals surface area contributed by atoms with E-state index in [2.05, 4.69) is 10.3 Å². The van der Waals surface area contributed by atoms with Gasteiger partial charge in [0, 0.05) is 24.2 Å². The first kappa shape index (κ1) is 15.2. The number of ether oxygens (including phenoxy) is 1. The van der Waals surface area contributed by atoms with Gasteiger partial charge >= 0.3 is 0 Å². The highest BCUT2D eigenvalue weighted by Gasteiger charge is 2.29. The Balaban J connectivity index is 1.91. The molecule has 0 saturated carbocycles. The molecule has 1 aliphatic heterocycles. The van der Waals surface area contributed by atoms with Crippen molar-refractivity contribution >= 4 is 11.6 Å². The van der Waals surface area contributed by atoms with E-state index in [1.54, 1.807) is 6.20 Å². The molecule has 0 radical (unpaired) electrons. The predicted octanol–water partition coefficient (Wildman–Crippen LogP) is 3.74. The maximum atomic E-state index is 13.5. The lowest BCUT2D eigenvalue weighted by Crippen LogP contribution is -2.22. The van der Waals surface area contributed by atoms with Crippen molar-refractivity contribution in [3.63, 3.8) is 0 Å². The molecule has 0 unspecified atom stereocenters. The molecular formula is C16H15ClF2N2O. The summed E-state index contributed by atoms with van der Waals surface area (Å²) in [6, 6.07) is 5.38. The summed E-state index contributed by atoms with van der Waals surface area (Å²) in [6.45, 7) is 1.64. The van der Waals surface area contributed by atoms with Gasteiger partial charge in [0.25, 0.3) is 0 Å². The molecule has 3 rings (SSSR count). The average Bonchev–Trinajstić information content (AvgIpc) is 3.00. The first-order valence-corrected chi connectivity index (χ1v) is 7.44. The van der Waals surface area contributed by atoms with Gasteiger partial charge in [-0.1, -0.05) is 11.6 Å². The van der Waals surface area contributed by atoms with E-state index in [1.165, 1.54) is 24.3 Å². The van der Waals surface area contributed by atoms with Crippen molar-refractivity contribution in [2.24, 2.45) is 5.92 Å². The second-order valence-corrected chi connectivity index (χ2v) is 5.71. The van der Waals surface area contributed by atoms with Gasteiger partial charge in [0.2, 0.25) is 0 Å². The number of nitrogens with one attached hydrogen (secondary N) is 1. The molecule has 0 aliphatic carbocycles. The van der Waals surface area contributed by atoms with Crippen LogP contribution in [-0.4, -0.2) is 18.1 Å². The molecule has 1 aromatic heterocycles. The third-order valence-corrected chi connectivity index (χ3v) is 4.02. The zero-order valence-electron chi connectivity index (χ0n) is 11.7. The summed E-state index contributed by atoms with van der Waals surface area (Å²) in [7, 11) is 0. The number of hydrogen-bond acceptors (Lipinski definition) is 3. The van der Waals surface area contributed by atoms with E-state index < -0.39 is 11.6 Å². The number of pyridine rings is 1. The lowest BCUT2D eigenvalue weighted by Gasteiger charge is -2.25.